The predicted octanol–water partition coefficient (Wildman–Crippen LogP) is 1.43. The highest BCUT2D eigenvalue weighted by Crippen LogP contribution is 2.19. The lowest BCUT2D eigenvalue weighted by Gasteiger charge is -2.25. The Balaban J connectivity index is 1.99. The van der Waals surface area contributed by atoms with Gasteiger partial charge in [-0.05, 0) is 38.1 Å². The van der Waals surface area contributed by atoms with Crippen LogP contribution in [0.3, 0.4) is 0 Å². The minimum atomic E-state index is 0.570. The standard InChI is InChI=1S/C11H17N3/c12-10-3-1-2-4-11(10)14-9-5-7-13-8-6-9/h1-4,9,13-14H,5-8,12H2. The largest absolute Gasteiger partial charge is 0.397 e. The third-order valence-corrected chi connectivity index (χ3v) is 2.66. The zero-order valence-corrected chi connectivity index (χ0v) is 8.29. The monoisotopic (exact) mass is 191 g/mol. The molecule has 0 spiro atoms. The van der Waals surface area contributed by atoms with Crippen molar-refractivity contribution >= 4 is 11.4 Å². The predicted molar refractivity (Wildman–Crippen MR) is 60.4 cm³/mol. The van der Waals surface area contributed by atoms with Gasteiger partial charge in [-0.25, -0.2) is 0 Å². The van der Waals surface area contributed by atoms with Crippen LogP contribution in [-0.2, 0) is 0 Å². The molecule has 0 bridgehead atoms. The van der Waals surface area contributed by atoms with Crippen LogP contribution in [0.1, 0.15) is 12.8 Å². The molecule has 14 heavy (non-hydrogen) atoms. The van der Waals surface area contributed by atoms with E-state index >= 15 is 0 Å². The Hall–Kier alpha value is -1.22. The number of para-hydroxylation sites is 2. The molecule has 1 aromatic carbocycles. The van der Waals surface area contributed by atoms with Crippen molar-refractivity contribution in [2.45, 2.75) is 18.9 Å². The van der Waals surface area contributed by atoms with Crippen LogP contribution >= 0.6 is 0 Å². The molecule has 0 amide bonds. The summed E-state index contributed by atoms with van der Waals surface area (Å²) in [6.07, 6.45) is 2.35. The van der Waals surface area contributed by atoms with E-state index in [-0.39, 0.29) is 0 Å². The molecule has 76 valence electrons. The van der Waals surface area contributed by atoms with E-state index in [9.17, 15) is 0 Å². The van der Waals surface area contributed by atoms with E-state index in [1.807, 2.05) is 24.3 Å². The molecular formula is C11H17N3. The van der Waals surface area contributed by atoms with Crippen molar-refractivity contribution in [1.82, 2.24) is 5.32 Å². The number of anilines is 2. The summed E-state index contributed by atoms with van der Waals surface area (Å²) in [4.78, 5) is 0. The maximum atomic E-state index is 5.86. The molecule has 1 aliphatic rings. The van der Waals surface area contributed by atoms with E-state index in [0.717, 1.165) is 24.5 Å². The van der Waals surface area contributed by atoms with Gasteiger partial charge in [0, 0.05) is 6.04 Å². The summed E-state index contributed by atoms with van der Waals surface area (Å²) in [6, 6.07) is 8.52. The second kappa shape index (κ2) is 4.33. The van der Waals surface area contributed by atoms with Gasteiger partial charge in [0.15, 0.2) is 0 Å². The lowest BCUT2D eigenvalue weighted by molar-refractivity contribution is 0.479. The van der Waals surface area contributed by atoms with Crippen LogP contribution in [0, 0.1) is 0 Å². The van der Waals surface area contributed by atoms with E-state index < -0.39 is 0 Å². The Morgan fingerprint density at radius 1 is 1.21 bits per heavy atom. The molecule has 1 fully saturated rings. The Labute approximate surface area is 84.7 Å². The quantitative estimate of drug-likeness (QED) is 0.620. The van der Waals surface area contributed by atoms with Crippen LogP contribution in [0.15, 0.2) is 24.3 Å². The lowest BCUT2D eigenvalue weighted by atomic mass is 10.1. The van der Waals surface area contributed by atoms with Gasteiger partial charge in [-0.2, -0.15) is 0 Å². The normalized spacial score (nSPS) is 18.0. The average Bonchev–Trinajstić information content (AvgIpc) is 2.23. The van der Waals surface area contributed by atoms with Gasteiger partial charge in [-0.3, -0.25) is 0 Å². The Morgan fingerprint density at radius 2 is 1.93 bits per heavy atom. The number of nitrogens with two attached hydrogens (primary N) is 1. The fraction of sp³-hybridized carbons (Fsp3) is 0.455. The van der Waals surface area contributed by atoms with E-state index in [0.29, 0.717) is 6.04 Å². The van der Waals surface area contributed by atoms with Crippen molar-refractivity contribution in [3.63, 3.8) is 0 Å². The summed E-state index contributed by atoms with van der Waals surface area (Å²) in [5, 5.41) is 6.83. The Bertz CT molecular complexity index is 292. The molecule has 1 aromatic rings. The van der Waals surface area contributed by atoms with Gasteiger partial charge in [0.25, 0.3) is 0 Å². The molecule has 0 aliphatic carbocycles. The zero-order valence-electron chi connectivity index (χ0n) is 8.29. The molecule has 2 rings (SSSR count). The van der Waals surface area contributed by atoms with E-state index in [1.165, 1.54) is 12.8 Å². The SMILES string of the molecule is Nc1ccccc1NC1CCNCC1. The molecule has 1 heterocycles. The van der Waals surface area contributed by atoms with Gasteiger partial charge in [0.1, 0.15) is 0 Å². The molecule has 1 saturated heterocycles. The van der Waals surface area contributed by atoms with E-state index in [4.69, 9.17) is 5.73 Å². The van der Waals surface area contributed by atoms with Crippen LogP contribution in [0.5, 0.6) is 0 Å². The van der Waals surface area contributed by atoms with E-state index in [2.05, 4.69) is 10.6 Å². The van der Waals surface area contributed by atoms with Crippen LogP contribution < -0.4 is 16.4 Å². The minimum absolute atomic E-state index is 0.570. The van der Waals surface area contributed by atoms with Crippen molar-refractivity contribution < 1.29 is 0 Å². The van der Waals surface area contributed by atoms with Crippen molar-refractivity contribution in [2.75, 3.05) is 24.1 Å². The second-order valence-corrected chi connectivity index (χ2v) is 3.76. The first kappa shape index (κ1) is 9.34. The lowest BCUT2D eigenvalue weighted by Crippen LogP contribution is -2.35. The highest BCUT2D eigenvalue weighted by Gasteiger charge is 2.12. The highest BCUT2D eigenvalue weighted by atomic mass is 15.0. The molecule has 0 unspecified atom stereocenters. The number of rotatable bonds is 2. The third-order valence-electron chi connectivity index (χ3n) is 2.66. The maximum Gasteiger partial charge on any atom is 0.0576 e. The number of piperidine rings is 1. The van der Waals surface area contributed by atoms with Gasteiger partial charge in [0.2, 0.25) is 0 Å². The van der Waals surface area contributed by atoms with Crippen LogP contribution in [0.4, 0.5) is 11.4 Å². The first-order chi connectivity index (χ1) is 6.86. The second-order valence-electron chi connectivity index (χ2n) is 3.76. The van der Waals surface area contributed by atoms with Gasteiger partial charge in [-0.1, -0.05) is 12.1 Å². The van der Waals surface area contributed by atoms with Crippen LogP contribution in [0.25, 0.3) is 0 Å². The van der Waals surface area contributed by atoms with Crippen molar-refractivity contribution in [3.05, 3.63) is 24.3 Å². The molecule has 0 saturated carbocycles. The summed E-state index contributed by atoms with van der Waals surface area (Å²) in [5.41, 5.74) is 7.77. The summed E-state index contributed by atoms with van der Waals surface area (Å²) < 4.78 is 0. The highest BCUT2D eigenvalue weighted by molar-refractivity contribution is 5.65. The number of nitrogens with one attached hydrogen (secondary N) is 2. The third kappa shape index (κ3) is 2.17. The minimum Gasteiger partial charge on any atom is -0.397 e. The maximum absolute atomic E-state index is 5.86. The molecule has 0 atom stereocenters. The van der Waals surface area contributed by atoms with Gasteiger partial charge in [-0.15, -0.1) is 0 Å². The fourth-order valence-electron chi connectivity index (χ4n) is 1.81. The van der Waals surface area contributed by atoms with Gasteiger partial charge in [0.05, 0.1) is 11.4 Å². The molecule has 3 heteroatoms. The summed E-state index contributed by atoms with van der Waals surface area (Å²) in [5.74, 6) is 0. The number of hydrogen-bond acceptors (Lipinski definition) is 3. The molecule has 3 nitrogen and oxygen atoms in total. The Morgan fingerprint density at radius 3 is 2.64 bits per heavy atom. The summed E-state index contributed by atoms with van der Waals surface area (Å²) >= 11 is 0. The smallest absolute Gasteiger partial charge is 0.0576 e. The molecule has 1 aliphatic heterocycles. The Kier molecular flexibility index (Phi) is 2.89. The van der Waals surface area contributed by atoms with Crippen LogP contribution in [-0.4, -0.2) is 19.1 Å². The van der Waals surface area contributed by atoms with Crippen molar-refractivity contribution in [1.29, 1.82) is 0 Å². The first-order valence-electron chi connectivity index (χ1n) is 5.18. The van der Waals surface area contributed by atoms with Gasteiger partial charge >= 0.3 is 0 Å². The zero-order chi connectivity index (χ0) is 9.80. The first-order valence-corrected chi connectivity index (χ1v) is 5.18. The summed E-state index contributed by atoms with van der Waals surface area (Å²) in [7, 11) is 0. The number of hydrogen-bond donors (Lipinski definition) is 3. The fourth-order valence-corrected chi connectivity index (χ4v) is 1.81. The van der Waals surface area contributed by atoms with Crippen molar-refractivity contribution in [2.24, 2.45) is 0 Å². The van der Waals surface area contributed by atoms with Crippen LogP contribution in [0.2, 0.25) is 0 Å². The molecule has 0 radical (unpaired) electrons. The molecule has 4 N–H and O–H groups in total. The average molecular weight is 191 g/mol. The topological polar surface area (TPSA) is 50.1 Å². The van der Waals surface area contributed by atoms with Crippen molar-refractivity contribution in [3.8, 4) is 0 Å². The molecular weight excluding hydrogens is 174 g/mol. The van der Waals surface area contributed by atoms with E-state index in [1.54, 1.807) is 0 Å². The van der Waals surface area contributed by atoms with Gasteiger partial charge < -0.3 is 16.4 Å². The number of benzene rings is 1. The summed E-state index contributed by atoms with van der Waals surface area (Å²) in [6.45, 7) is 2.20. The molecule has 0 aromatic heterocycles. The number of nitrogen functional groups attached to an aromatic ring is 1.